The molecule has 0 saturated carbocycles. The number of carbonyl (C=O) groups is 1. The van der Waals surface area contributed by atoms with Crippen molar-refractivity contribution in [3.05, 3.63) is 29.8 Å². The van der Waals surface area contributed by atoms with Crippen LogP contribution in [0.4, 0.5) is 0 Å². The van der Waals surface area contributed by atoms with E-state index in [1.807, 2.05) is 12.1 Å². The predicted octanol–water partition coefficient (Wildman–Crippen LogP) is 2.69. The lowest BCUT2D eigenvalue weighted by Gasteiger charge is -2.13. The van der Waals surface area contributed by atoms with E-state index < -0.39 is 0 Å². The summed E-state index contributed by atoms with van der Waals surface area (Å²) >= 11 is 0. The zero-order valence-corrected chi connectivity index (χ0v) is 13.6. The third-order valence-corrected chi connectivity index (χ3v) is 3.30. The minimum atomic E-state index is 0.0264. The number of ether oxygens (including phenoxy) is 1. The first-order valence-electron chi connectivity index (χ1n) is 7.75. The van der Waals surface area contributed by atoms with Gasteiger partial charge >= 0.3 is 0 Å². The van der Waals surface area contributed by atoms with Crippen molar-refractivity contribution in [3.63, 3.8) is 0 Å². The number of rotatable bonds is 9. The first kappa shape index (κ1) is 17.5. The number of nitrogens with one attached hydrogen (secondary N) is 2. The van der Waals surface area contributed by atoms with Crippen molar-refractivity contribution in [2.45, 2.75) is 46.1 Å². The number of hydrogen-bond acceptors (Lipinski definition) is 3. The molecular formula is C17H28N2O2. The molecule has 1 rings (SSSR count). The highest BCUT2D eigenvalue weighted by atomic mass is 16.5. The van der Waals surface area contributed by atoms with E-state index in [0.29, 0.717) is 31.5 Å². The summed E-state index contributed by atoms with van der Waals surface area (Å²) < 4.78 is 5.59. The minimum absolute atomic E-state index is 0.0264. The Morgan fingerprint density at radius 1 is 1.19 bits per heavy atom. The van der Waals surface area contributed by atoms with Crippen LogP contribution in [-0.4, -0.2) is 31.6 Å². The molecule has 118 valence electrons. The van der Waals surface area contributed by atoms with Crippen molar-refractivity contribution >= 4 is 5.91 Å². The Morgan fingerprint density at radius 3 is 2.43 bits per heavy atom. The molecule has 1 aromatic carbocycles. The molecule has 0 aliphatic heterocycles. The highest BCUT2D eigenvalue weighted by molar-refractivity contribution is 5.76. The molecule has 4 heteroatoms. The molecule has 0 spiro atoms. The summed E-state index contributed by atoms with van der Waals surface area (Å²) in [5.41, 5.74) is 1.29. The zero-order chi connectivity index (χ0) is 15.7. The monoisotopic (exact) mass is 292 g/mol. The summed E-state index contributed by atoms with van der Waals surface area (Å²) in [4.78, 5) is 11.7. The Labute approximate surface area is 128 Å². The molecule has 0 unspecified atom stereocenters. The lowest BCUT2D eigenvalue weighted by atomic mass is 10.0. The van der Waals surface area contributed by atoms with Gasteiger partial charge in [-0.2, -0.15) is 0 Å². The van der Waals surface area contributed by atoms with Gasteiger partial charge in [-0.15, -0.1) is 0 Å². The van der Waals surface area contributed by atoms with Crippen LogP contribution in [0.3, 0.4) is 0 Å². The van der Waals surface area contributed by atoms with Gasteiger partial charge in [0.05, 0.1) is 13.0 Å². The average molecular weight is 292 g/mol. The van der Waals surface area contributed by atoms with Crippen LogP contribution in [0.2, 0.25) is 0 Å². The molecule has 0 saturated heterocycles. The molecule has 1 amide bonds. The van der Waals surface area contributed by atoms with Crippen LogP contribution in [0.1, 0.15) is 45.6 Å². The summed E-state index contributed by atoms with van der Waals surface area (Å²) in [6.45, 7) is 10.4. The van der Waals surface area contributed by atoms with Gasteiger partial charge in [-0.05, 0) is 37.1 Å². The Bertz CT molecular complexity index is 415. The molecule has 1 atom stereocenters. The number of benzene rings is 1. The number of likely N-dealkylation sites (N-methyl/N-ethyl adjacent to an activating group) is 1. The van der Waals surface area contributed by atoms with E-state index in [4.69, 9.17) is 4.74 Å². The van der Waals surface area contributed by atoms with Crippen LogP contribution in [0.15, 0.2) is 24.3 Å². The minimum Gasteiger partial charge on any atom is -0.493 e. The molecule has 0 radical (unpaired) electrons. The molecule has 0 aliphatic rings. The van der Waals surface area contributed by atoms with Crippen LogP contribution in [0.5, 0.6) is 5.75 Å². The number of hydrogen-bond donors (Lipinski definition) is 2. The topological polar surface area (TPSA) is 50.4 Å². The number of amides is 1. The quantitative estimate of drug-likeness (QED) is 0.736. The zero-order valence-electron chi connectivity index (χ0n) is 13.6. The molecule has 0 fully saturated rings. The van der Waals surface area contributed by atoms with Gasteiger partial charge in [0.1, 0.15) is 5.75 Å². The molecular weight excluding hydrogens is 264 g/mol. The van der Waals surface area contributed by atoms with E-state index in [-0.39, 0.29) is 5.91 Å². The van der Waals surface area contributed by atoms with Crippen LogP contribution in [0, 0.1) is 0 Å². The third kappa shape index (κ3) is 7.14. The van der Waals surface area contributed by atoms with Crippen molar-refractivity contribution in [2.24, 2.45) is 0 Å². The van der Waals surface area contributed by atoms with E-state index in [2.05, 4.69) is 50.5 Å². The summed E-state index contributed by atoms with van der Waals surface area (Å²) in [6, 6.07) is 8.35. The molecule has 0 bridgehead atoms. The average Bonchev–Trinajstić information content (AvgIpc) is 2.46. The first-order valence-corrected chi connectivity index (χ1v) is 7.75. The van der Waals surface area contributed by atoms with Gasteiger partial charge in [0.2, 0.25) is 5.91 Å². The van der Waals surface area contributed by atoms with Gasteiger partial charge in [-0.25, -0.2) is 0 Å². The van der Waals surface area contributed by atoms with Crippen LogP contribution < -0.4 is 15.4 Å². The molecule has 2 N–H and O–H groups in total. The molecule has 4 nitrogen and oxygen atoms in total. The maximum Gasteiger partial charge on any atom is 0.223 e. The van der Waals surface area contributed by atoms with E-state index in [1.165, 1.54) is 5.56 Å². The molecule has 0 aliphatic carbocycles. The Kier molecular flexibility index (Phi) is 7.83. The van der Waals surface area contributed by atoms with Crippen LogP contribution in [0.25, 0.3) is 0 Å². The van der Waals surface area contributed by atoms with Gasteiger partial charge in [-0.3, -0.25) is 4.79 Å². The van der Waals surface area contributed by atoms with Crippen molar-refractivity contribution in [2.75, 3.05) is 19.7 Å². The normalized spacial score (nSPS) is 12.2. The van der Waals surface area contributed by atoms with E-state index in [1.54, 1.807) is 0 Å². The lowest BCUT2D eigenvalue weighted by molar-refractivity contribution is -0.121. The second-order valence-corrected chi connectivity index (χ2v) is 5.59. The van der Waals surface area contributed by atoms with E-state index in [0.717, 1.165) is 12.3 Å². The van der Waals surface area contributed by atoms with Crippen molar-refractivity contribution < 1.29 is 9.53 Å². The summed E-state index contributed by atoms with van der Waals surface area (Å²) in [5.74, 6) is 1.36. The fourth-order valence-corrected chi connectivity index (χ4v) is 1.99. The third-order valence-electron chi connectivity index (χ3n) is 3.30. The molecule has 0 aromatic heterocycles. The maximum absolute atomic E-state index is 11.7. The molecule has 0 heterocycles. The largest absolute Gasteiger partial charge is 0.493 e. The fraction of sp³-hybridized carbons (Fsp3) is 0.588. The first-order chi connectivity index (χ1) is 10.0. The highest BCUT2D eigenvalue weighted by Gasteiger charge is 2.05. The summed E-state index contributed by atoms with van der Waals surface area (Å²) in [7, 11) is 0. The van der Waals surface area contributed by atoms with Crippen molar-refractivity contribution in [1.82, 2.24) is 10.6 Å². The summed E-state index contributed by atoms with van der Waals surface area (Å²) in [5, 5.41) is 6.15. The highest BCUT2D eigenvalue weighted by Crippen LogP contribution is 2.18. The Balaban J connectivity index is 2.22. The van der Waals surface area contributed by atoms with Gasteiger partial charge < -0.3 is 15.4 Å². The second-order valence-electron chi connectivity index (χ2n) is 5.59. The van der Waals surface area contributed by atoms with Gasteiger partial charge in [0, 0.05) is 12.6 Å². The van der Waals surface area contributed by atoms with Gasteiger partial charge in [0.15, 0.2) is 0 Å². The van der Waals surface area contributed by atoms with Crippen molar-refractivity contribution in [3.8, 4) is 5.75 Å². The lowest BCUT2D eigenvalue weighted by Crippen LogP contribution is -2.39. The summed E-state index contributed by atoms with van der Waals surface area (Å²) in [6.07, 6.45) is 0.380. The molecule has 1 aromatic rings. The Hall–Kier alpha value is -1.55. The van der Waals surface area contributed by atoms with Gasteiger partial charge in [-0.1, -0.05) is 32.9 Å². The van der Waals surface area contributed by atoms with Crippen LogP contribution >= 0.6 is 0 Å². The number of carbonyl (C=O) groups excluding carboxylic acids is 1. The van der Waals surface area contributed by atoms with E-state index >= 15 is 0 Å². The fourth-order valence-electron chi connectivity index (χ4n) is 1.99. The van der Waals surface area contributed by atoms with Gasteiger partial charge in [0.25, 0.3) is 0 Å². The smallest absolute Gasteiger partial charge is 0.223 e. The van der Waals surface area contributed by atoms with Crippen molar-refractivity contribution in [1.29, 1.82) is 0 Å². The standard InChI is InChI=1S/C17H28N2O2/c1-5-18-14(4)12-19-17(20)10-11-21-16-8-6-15(7-9-16)13(2)3/h6-9,13-14,18H,5,10-12H2,1-4H3,(H,19,20)/t14-/m1/s1. The SMILES string of the molecule is CCN[C@H](C)CNC(=O)CCOc1ccc(C(C)C)cc1. The second kappa shape index (κ2) is 9.40. The Morgan fingerprint density at radius 2 is 1.86 bits per heavy atom. The van der Waals surface area contributed by atoms with Crippen LogP contribution in [-0.2, 0) is 4.79 Å². The van der Waals surface area contributed by atoms with E-state index in [9.17, 15) is 4.79 Å². The molecule has 21 heavy (non-hydrogen) atoms. The predicted molar refractivity (Wildman–Crippen MR) is 86.8 cm³/mol. The maximum atomic E-state index is 11.7.